The van der Waals surface area contributed by atoms with Crippen LogP contribution in [0.3, 0.4) is 0 Å². The summed E-state index contributed by atoms with van der Waals surface area (Å²) in [5.41, 5.74) is 4.13. The molecule has 0 aromatic heterocycles. The van der Waals surface area contributed by atoms with Gasteiger partial charge in [0, 0.05) is 34.3 Å². The molecule has 7 nitrogen and oxygen atoms in total. The third-order valence-corrected chi connectivity index (χ3v) is 8.50. The van der Waals surface area contributed by atoms with Crippen molar-refractivity contribution in [3.05, 3.63) is 81.9 Å². The highest BCUT2D eigenvalue weighted by molar-refractivity contribution is 7.78. The van der Waals surface area contributed by atoms with Crippen molar-refractivity contribution in [3.63, 3.8) is 0 Å². The van der Waals surface area contributed by atoms with Crippen molar-refractivity contribution in [2.45, 2.75) is 45.1 Å². The highest BCUT2D eigenvalue weighted by atomic mass is 35.5. The molecule has 0 amide bonds. The number of fused-ring (bicyclic) bond motifs is 1. The van der Waals surface area contributed by atoms with Crippen molar-refractivity contribution in [1.82, 2.24) is 4.90 Å². The summed E-state index contributed by atoms with van der Waals surface area (Å²) >= 11 is 4.18. The first-order valence-electron chi connectivity index (χ1n) is 13.4. The average Bonchev–Trinajstić information content (AvgIpc) is 3.34. The Morgan fingerprint density at radius 3 is 2.55 bits per heavy atom. The van der Waals surface area contributed by atoms with Gasteiger partial charge in [0.2, 0.25) is 0 Å². The highest BCUT2D eigenvalue weighted by Gasteiger charge is 2.31. The normalized spacial score (nSPS) is 20.6. The third kappa shape index (κ3) is 6.15. The Bertz CT molecular complexity index is 1440. The average molecular weight is 584 g/mol. The summed E-state index contributed by atoms with van der Waals surface area (Å²) < 4.78 is 33.5. The Morgan fingerprint density at radius 1 is 1.15 bits per heavy atom. The number of aromatic hydroxyl groups is 2. The number of phenols is 2. The second-order valence-electron chi connectivity index (χ2n) is 10.8. The van der Waals surface area contributed by atoms with Crippen LogP contribution in [-0.2, 0) is 16.8 Å². The minimum Gasteiger partial charge on any atom is -0.508 e. The maximum atomic E-state index is 11.5. The lowest BCUT2D eigenvalue weighted by atomic mass is 9.85. The molecule has 0 radical (unpaired) electrons. The van der Waals surface area contributed by atoms with Crippen LogP contribution in [0.15, 0.2) is 54.6 Å². The molecule has 3 aromatic rings. The Kier molecular flexibility index (Phi) is 8.42. The van der Waals surface area contributed by atoms with E-state index in [4.69, 9.17) is 21.1 Å². The van der Waals surface area contributed by atoms with E-state index in [-0.39, 0.29) is 17.3 Å². The SMILES string of the molecule is CC1=C(c2cc(O)cc(Cl)c2)C(c2ccc(OC[C@H](C)N3CC[C@@H](C)C3)cc2)Oc2cc(CS(=O)O)c(O)cc21. The van der Waals surface area contributed by atoms with E-state index in [0.29, 0.717) is 40.1 Å². The molecule has 1 fully saturated rings. The molecule has 0 spiro atoms. The fourth-order valence-corrected chi connectivity index (χ4v) is 6.27. The molecule has 2 aliphatic heterocycles. The van der Waals surface area contributed by atoms with E-state index < -0.39 is 17.2 Å². The van der Waals surface area contributed by atoms with Gasteiger partial charge in [-0.05, 0) is 91.9 Å². The van der Waals surface area contributed by atoms with Crippen LogP contribution in [0.1, 0.15) is 55.5 Å². The van der Waals surface area contributed by atoms with Crippen molar-refractivity contribution in [2.24, 2.45) is 5.92 Å². The van der Waals surface area contributed by atoms with E-state index >= 15 is 0 Å². The molecule has 5 rings (SSSR count). The number of hydrogen-bond donors (Lipinski definition) is 3. The molecule has 1 saturated heterocycles. The van der Waals surface area contributed by atoms with Crippen molar-refractivity contribution in [1.29, 1.82) is 0 Å². The van der Waals surface area contributed by atoms with Crippen LogP contribution in [0.4, 0.5) is 0 Å². The van der Waals surface area contributed by atoms with E-state index in [9.17, 15) is 19.0 Å². The molecule has 0 bridgehead atoms. The van der Waals surface area contributed by atoms with Crippen molar-refractivity contribution in [3.8, 4) is 23.0 Å². The number of allylic oxidation sites excluding steroid dienone is 1. The highest BCUT2D eigenvalue weighted by Crippen LogP contribution is 2.49. The predicted octanol–water partition coefficient (Wildman–Crippen LogP) is 6.65. The number of likely N-dealkylation sites (tertiary alicyclic amines) is 1. The third-order valence-electron chi connectivity index (χ3n) is 7.72. The molecular weight excluding hydrogens is 550 g/mol. The Hall–Kier alpha value is -3.04. The van der Waals surface area contributed by atoms with Gasteiger partial charge in [-0.3, -0.25) is 4.90 Å². The molecule has 9 heteroatoms. The van der Waals surface area contributed by atoms with E-state index in [1.54, 1.807) is 24.3 Å². The molecule has 2 heterocycles. The summed E-state index contributed by atoms with van der Waals surface area (Å²) in [5, 5.41) is 21.2. The predicted molar refractivity (Wildman–Crippen MR) is 158 cm³/mol. The summed E-state index contributed by atoms with van der Waals surface area (Å²) in [6.07, 6.45) is 0.656. The Balaban J connectivity index is 1.47. The van der Waals surface area contributed by atoms with Gasteiger partial charge in [-0.1, -0.05) is 30.7 Å². The molecule has 3 N–H and O–H groups in total. The van der Waals surface area contributed by atoms with Gasteiger partial charge in [-0.2, -0.15) is 0 Å². The number of halogens is 1. The molecular formula is C31H34ClNO6S. The van der Waals surface area contributed by atoms with Gasteiger partial charge < -0.3 is 24.2 Å². The van der Waals surface area contributed by atoms with E-state index in [2.05, 4.69) is 18.7 Å². The number of hydrogen-bond acceptors (Lipinski definition) is 6. The van der Waals surface area contributed by atoms with Gasteiger partial charge in [0.1, 0.15) is 35.7 Å². The zero-order valence-corrected chi connectivity index (χ0v) is 24.3. The van der Waals surface area contributed by atoms with Crippen molar-refractivity contribution >= 4 is 33.8 Å². The summed E-state index contributed by atoms with van der Waals surface area (Å²) in [7, 11) is 0. The molecule has 2 aliphatic rings. The first kappa shape index (κ1) is 28.5. The minimum atomic E-state index is -2.12. The molecule has 2 unspecified atom stereocenters. The van der Waals surface area contributed by atoms with Gasteiger partial charge in [0.25, 0.3) is 0 Å². The van der Waals surface area contributed by atoms with Crippen LogP contribution in [0.25, 0.3) is 11.1 Å². The van der Waals surface area contributed by atoms with Crippen LogP contribution < -0.4 is 9.47 Å². The fourth-order valence-electron chi connectivity index (χ4n) is 5.54. The Morgan fingerprint density at radius 2 is 1.90 bits per heavy atom. The van der Waals surface area contributed by atoms with Crippen LogP contribution in [-0.4, -0.2) is 49.6 Å². The number of phenolic OH excluding ortho intramolecular Hbond substituents is 2. The first-order valence-corrected chi connectivity index (χ1v) is 15.0. The fraction of sp³-hybridized carbons (Fsp3) is 0.355. The van der Waals surface area contributed by atoms with E-state index in [1.807, 2.05) is 31.2 Å². The topological polar surface area (TPSA) is 99.5 Å². The maximum Gasteiger partial charge on any atom is 0.157 e. The standard InChI is InChI=1S/C31H34ClNO6S/c1-18-8-9-33(15-18)19(2)16-38-26-6-4-21(5-7-26)31-30(22-10-24(32)13-25(34)11-22)20(3)27-14-28(35)23(17-40(36)37)12-29(27)39-31/h4-7,10-14,18-19,31,34-35H,8-9,15-17H2,1-3H3,(H,36,37)/t18-,19+,31?/m1/s1. The van der Waals surface area contributed by atoms with Crippen LogP contribution >= 0.6 is 11.6 Å². The van der Waals surface area contributed by atoms with Gasteiger partial charge in [0.15, 0.2) is 11.1 Å². The number of nitrogens with zero attached hydrogens (tertiary/aromatic N) is 1. The zero-order chi connectivity index (χ0) is 28.6. The van der Waals surface area contributed by atoms with Gasteiger partial charge in [-0.15, -0.1) is 0 Å². The molecule has 212 valence electrons. The summed E-state index contributed by atoms with van der Waals surface area (Å²) in [5.74, 6) is 1.70. The van der Waals surface area contributed by atoms with Crippen LogP contribution in [0.2, 0.25) is 5.02 Å². The summed E-state index contributed by atoms with van der Waals surface area (Å²) in [4.78, 5) is 2.46. The first-order chi connectivity index (χ1) is 19.1. The summed E-state index contributed by atoms with van der Waals surface area (Å²) in [6, 6.07) is 16.1. The summed E-state index contributed by atoms with van der Waals surface area (Å²) in [6.45, 7) is 9.20. The van der Waals surface area contributed by atoms with E-state index in [1.165, 1.54) is 12.5 Å². The second-order valence-corrected chi connectivity index (χ2v) is 12.2. The van der Waals surface area contributed by atoms with Crippen LogP contribution in [0, 0.1) is 5.92 Å². The largest absolute Gasteiger partial charge is 0.508 e. The number of benzene rings is 3. The van der Waals surface area contributed by atoms with Crippen LogP contribution in [0.5, 0.6) is 23.0 Å². The molecule has 0 saturated carbocycles. The van der Waals surface area contributed by atoms with Crippen molar-refractivity contribution in [2.75, 3.05) is 19.7 Å². The second kappa shape index (κ2) is 11.8. The maximum absolute atomic E-state index is 11.5. The number of rotatable bonds is 8. The molecule has 40 heavy (non-hydrogen) atoms. The van der Waals surface area contributed by atoms with Gasteiger partial charge in [-0.25, -0.2) is 4.21 Å². The lowest BCUT2D eigenvalue weighted by molar-refractivity contribution is 0.169. The van der Waals surface area contributed by atoms with Crippen molar-refractivity contribution < 1.29 is 28.4 Å². The smallest absolute Gasteiger partial charge is 0.157 e. The quantitative estimate of drug-likeness (QED) is 0.255. The molecule has 0 aliphatic carbocycles. The lowest BCUT2D eigenvalue weighted by Crippen LogP contribution is -2.35. The van der Waals surface area contributed by atoms with E-state index in [0.717, 1.165) is 41.5 Å². The zero-order valence-electron chi connectivity index (χ0n) is 22.8. The minimum absolute atomic E-state index is 0.0289. The number of ether oxygens (including phenoxy) is 2. The Labute approximate surface area is 242 Å². The molecule has 4 atom stereocenters. The monoisotopic (exact) mass is 583 g/mol. The van der Waals surface area contributed by atoms with Gasteiger partial charge >= 0.3 is 0 Å². The lowest BCUT2D eigenvalue weighted by Gasteiger charge is -2.32. The molecule has 3 aromatic carbocycles. The van der Waals surface area contributed by atoms with Gasteiger partial charge in [0.05, 0.1) is 5.75 Å².